The summed E-state index contributed by atoms with van der Waals surface area (Å²) >= 11 is 3.41. The average molecular weight is 292 g/mol. The van der Waals surface area contributed by atoms with Crippen molar-refractivity contribution in [3.63, 3.8) is 0 Å². The van der Waals surface area contributed by atoms with Crippen LogP contribution < -0.4 is 5.73 Å². The van der Waals surface area contributed by atoms with Gasteiger partial charge in [0.15, 0.2) is 0 Å². The van der Waals surface area contributed by atoms with Gasteiger partial charge in [-0.1, -0.05) is 15.9 Å². The quantitative estimate of drug-likeness (QED) is 0.675. The molecule has 0 saturated heterocycles. The van der Waals surface area contributed by atoms with Crippen LogP contribution in [0.4, 0.5) is 5.69 Å². The molecule has 3 aromatic rings. The Kier molecular flexibility index (Phi) is 2.22. The van der Waals surface area contributed by atoms with Crippen molar-refractivity contribution in [2.24, 2.45) is 0 Å². The van der Waals surface area contributed by atoms with E-state index in [0.717, 1.165) is 32.7 Å². The van der Waals surface area contributed by atoms with Gasteiger partial charge in [0.05, 0.1) is 23.0 Å². The molecule has 0 saturated carbocycles. The van der Waals surface area contributed by atoms with Crippen molar-refractivity contribution >= 4 is 32.7 Å². The zero-order chi connectivity index (χ0) is 12.0. The van der Waals surface area contributed by atoms with Crippen molar-refractivity contribution < 1.29 is 4.42 Å². The van der Waals surface area contributed by atoms with Gasteiger partial charge in [0, 0.05) is 4.47 Å². The van der Waals surface area contributed by atoms with Gasteiger partial charge in [0.2, 0.25) is 0 Å². The fourth-order valence-corrected chi connectivity index (χ4v) is 2.34. The first-order chi connectivity index (χ1) is 8.15. The lowest BCUT2D eigenvalue weighted by Gasteiger charge is -1.94. The highest BCUT2D eigenvalue weighted by Gasteiger charge is 2.11. The van der Waals surface area contributed by atoms with E-state index in [1.807, 2.05) is 25.1 Å². The molecule has 1 aromatic carbocycles. The SMILES string of the molecule is Cc1occc1-c1nc2c(N)cc(Br)cc2[nH]1. The van der Waals surface area contributed by atoms with Crippen LogP contribution in [0.1, 0.15) is 5.76 Å². The number of nitrogens with two attached hydrogens (primary N) is 1. The Morgan fingerprint density at radius 1 is 1.41 bits per heavy atom. The third kappa shape index (κ3) is 1.63. The summed E-state index contributed by atoms with van der Waals surface area (Å²) in [5, 5.41) is 0. The van der Waals surface area contributed by atoms with Crippen molar-refractivity contribution in [2.45, 2.75) is 6.92 Å². The minimum Gasteiger partial charge on any atom is -0.469 e. The Labute approximate surface area is 106 Å². The third-order valence-corrected chi connectivity index (χ3v) is 3.15. The summed E-state index contributed by atoms with van der Waals surface area (Å²) in [7, 11) is 0. The van der Waals surface area contributed by atoms with Crippen molar-refractivity contribution in [1.29, 1.82) is 0 Å². The van der Waals surface area contributed by atoms with E-state index in [1.165, 1.54) is 0 Å². The summed E-state index contributed by atoms with van der Waals surface area (Å²) in [5.41, 5.74) is 9.22. The molecule has 0 spiro atoms. The molecular formula is C12H10BrN3O. The number of fused-ring (bicyclic) bond motifs is 1. The lowest BCUT2D eigenvalue weighted by Crippen LogP contribution is -1.86. The molecule has 2 aromatic heterocycles. The maximum Gasteiger partial charge on any atom is 0.142 e. The first-order valence-electron chi connectivity index (χ1n) is 5.14. The molecule has 0 unspecified atom stereocenters. The highest BCUT2D eigenvalue weighted by Crippen LogP contribution is 2.29. The Hall–Kier alpha value is -1.75. The highest BCUT2D eigenvalue weighted by atomic mass is 79.9. The normalized spacial score (nSPS) is 11.2. The number of aromatic amines is 1. The van der Waals surface area contributed by atoms with E-state index < -0.39 is 0 Å². The largest absolute Gasteiger partial charge is 0.469 e. The van der Waals surface area contributed by atoms with Gasteiger partial charge in [-0.25, -0.2) is 4.98 Å². The Morgan fingerprint density at radius 2 is 2.24 bits per heavy atom. The summed E-state index contributed by atoms with van der Waals surface area (Å²) < 4.78 is 6.20. The summed E-state index contributed by atoms with van der Waals surface area (Å²) in [6.45, 7) is 1.90. The molecule has 0 aliphatic carbocycles. The van der Waals surface area contributed by atoms with Crippen LogP contribution in [-0.2, 0) is 0 Å². The van der Waals surface area contributed by atoms with E-state index in [9.17, 15) is 0 Å². The molecule has 0 atom stereocenters. The fourth-order valence-electron chi connectivity index (χ4n) is 1.87. The van der Waals surface area contributed by atoms with Crippen molar-refractivity contribution in [2.75, 3.05) is 5.73 Å². The predicted octanol–water partition coefficient (Wildman–Crippen LogP) is 3.48. The minimum atomic E-state index is 0.651. The van der Waals surface area contributed by atoms with Crippen LogP contribution in [0.15, 0.2) is 33.4 Å². The van der Waals surface area contributed by atoms with Gasteiger partial charge >= 0.3 is 0 Å². The van der Waals surface area contributed by atoms with Crippen LogP contribution in [0.3, 0.4) is 0 Å². The standard InChI is InChI=1S/C12H10BrN3O/c1-6-8(2-3-17-6)12-15-10-5-7(13)4-9(14)11(10)16-12/h2-5H,14H2,1H3,(H,15,16). The molecule has 0 aliphatic heterocycles. The lowest BCUT2D eigenvalue weighted by molar-refractivity contribution is 0.535. The number of nitrogens with zero attached hydrogens (tertiary/aromatic N) is 1. The number of hydrogen-bond acceptors (Lipinski definition) is 3. The van der Waals surface area contributed by atoms with E-state index in [0.29, 0.717) is 5.69 Å². The molecule has 0 aliphatic rings. The summed E-state index contributed by atoms with van der Waals surface area (Å²) in [4.78, 5) is 7.73. The van der Waals surface area contributed by atoms with E-state index in [-0.39, 0.29) is 0 Å². The van der Waals surface area contributed by atoms with Crippen LogP contribution in [0.2, 0.25) is 0 Å². The third-order valence-electron chi connectivity index (χ3n) is 2.69. The second kappa shape index (κ2) is 3.63. The zero-order valence-corrected chi connectivity index (χ0v) is 10.7. The number of H-pyrrole nitrogens is 1. The van der Waals surface area contributed by atoms with Gasteiger partial charge in [0.25, 0.3) is 0 Å². The van der Waals surface area contributed by atoms with Gasteiger partial charge in [-0.15, -0.1) is 0 Å². The molecule has 0 radical (unpaired) electrons. The first kappa shape index (κ1) is 10.4. The maximum atomic E-state index is 5.93. The van der Waals surface area contributed by atoms with Crippen molar-refractivity contribution in [1.82, 2.24) is 9.97 Å². The van der Waals surface area contributed by atoms with Gasteiger partial charge in [-0.05, 0) is 25.1 Å². The molecule has 0 bridgehead atoms. The van der Waals surface area contributed by atoms with Crippen molar-refractivity contribution in [3.05, 3.63) is 34.7 Å². The topological polar surface area (TPSA) is 67.8 Å². The molecular weight excluding hydrogens is 282 g/mol. The van der Waals surface area contributed by atoms with Crippen LogP contribution in [0.25, 0.3) is 22.4 Å². The Bertz CT molecular complexity index is 699. The predicted molar refractivity (Wildman–Crippen MR) is 70.6 cm³/mol. The number of imidazole rings is 1. The number of nitrogen functional groups attached to an aromatic ring is 1. The molecule has 3 rings (SSSR count). The molecule has 17 heavy (non-hydrogen) atoms. The van der Waals surface area contributed by atoms with Gasteiger partial charge in [0.1, 0.15) is 17.1 Å². The first-order valence-corrected chi connectivity index (χ1v) is 5.93. The van der Waals surface area contributed by atoms with Crippen LogP contribution in [0, 0.1) is 6.92 Å². The number of rotatable bonds is 1. The molecule has 4 nitrogen and oxygen atoms in total. The van der Waals surface area contributed by atoms with Crippen molar-refractivity contribution in [3.8, 4) is 11.4 Å². The lowest BCUT2D eigenvalue weighted by atomic mass is 10.2. The molecule has 0 amide bonds. The molecule has 2 heterocycles. The number of benzene rings is 1. The number of aromatic nitrogens is 2. The molecule has 0 fully saturated rings. The molecule has 86 valence electrons. The number of aryl methyl sites for hydroxylation is 1. The number of halogens is 1. The van der Waals surface area contributed by atoms with E-state index in [2.05, 4.69) is 25.9 Å². The van der Waals surface area contributed by atoms with E-state index in [4.69, 9.17) is 10.2 Å². The number of nitrogens with one attached hydrogen (secondary N) is 1. The Morgan fingerprint density at radius 3 is 2.94 bits per heavy atom. The van der Waals surface area contributed by atoms with Crippen LogP contribution in [0.5, 0.6) is 0 Å². The Balaban J connectivity index is 2.27. The second-order valence-electron chi connectivity index (χ2n) is 3.87. The van der Waals surface area contributed by atoms with Crippen LogP contribution >= 0.6 is 15.9 Å². The molecule has 3 N–H and O–H groups in total. The number of hydrogen-bond donors (Lipinski definition) is 2. The maximum absolute atomic E-state index is 5.93. The fraction of sp³-hybridized carbons (Fsp3) is 0.0833. The average Bonchev–Trinajstić information content (AvgIpc) is 2.83. The number of furan rings is 1. The zero-order valence-electron chi connectivity index (χ0n) is 9.12. The van der Waals surface area contributed by atoms with E-state index in [1.54, 1.807) is 6.26 Å². The van der Waals surface area contributed by atoms with Gasteiger partial charge < -0.3 is 15.1 Å². The number of anilines is 1. The van der Waals surface area contributed by atoms with Gasteiger partial charge in [-0.2, -0.15) is 0 Å². The highest BCUT2D eigenvalue weighted by molar-refractivity contribution is 9.10. The summed E-state index contributed by atoms with van der Waals surface area (Å²) in [6.07, 6.45) is 1.65. The van der Waals surface area contributed by atoms with Crippen LogP contribution in [-0.4, -0.2) is 9.97 Å². The van der Waals surface area contributed by atoms with E-state index >= 15 is 0 Å². The minimum absolute atomic E-state index is 0.651. The second-order valence-corrected chi connectivity index (χ2v) is 4.78. The summed E-state index contributed by atoms with van der Waals surface area (Å²) in [6, 6.07) is 5.69. The van der Waals surface area contributed by atoms with Gasteiger partial charge in [-0.3, -0.25) is 0 Å². The summed E-state index contributed by atoms with van der Waals surface area (Å²) in [5.74, 6) is 1.61. The smallest absolute Gasteiger partial charge is 0.142 e. The molecule has 5 heteroatoms. The monoisotopic (exact) mass is 291 g/mol.